The van der Waals surface area contributed by atoms with Crippen molar-refractivity contribution >= 4 is 6.21 Å². The molecule has 0 saturated carbocycles. The molecular formula is C7H6N2O2. The van der Waals surface area contributed by atoms with Crippen LogP contribution in [0.5, 0.6) is 0 Å². The minimum Gasteiger partial charge on any atom is -0.462 e. The SMILES string of the molecule is CON=Cc1cc(C#N)co1. The fourth-order valence-electron chi connectivity index (χ4n) is 0.584. The van der Waals surface area contributed by atoms with Gasteiger partial charge in [0.1, 0.15) is 31.4 Å². The van der Waals surface area contributed by atoms with Gasteiger partial charge in [0.15, 0.2) is 0 Å². The first kappa shape index (κ1) is 7.35. The third kappa shape index (κ3) is 1.83. The van der Waals surface area contributed by atoms with Crippen molar-refractivity contribution < 1.29 is 9.25 Å². The first-order valence-corrected chi connectivity index (χ1v) is 2.92. The summed E-state index contributed by atoms with van der Waals surface area (Å²) in [6, 6.07) is 3.50. The summed E-state index contributed by atoms with van der Waals surface area (Å²) in [5.41, 5.74) is 0.475. The fraction of sp³-hybridized carbons (Fsp3) is 0.143. The molecule has 1 heterocycles. The van der Waals surface area contributed by atoms with Crippen LogP contribution in [0, 0.1) is 11.3 Å². The number of oxime groups is 1. The Kier molecular flexibility index (Phi) is 2.28. The molecule has 0 N–H and O–H groups in total. The molecule has 0 fully saturated rings. The van der Waals surface area contributed by atoms with E-state index in [2.05, 4.69) is 9.99 Å². The van der Waals surface area contributed by atoms with E-state index in [1.807, 2.05) is 6.07 Å². The number of hydrogen-bond donors (Lipinski definition) is 0. The molecule has 1 aromatic rings. The lowest BCUT2D eigenvalue weighted by atomic mass is 10.3. The van der Waals surface area contributed by atoms with E-state index in [0.29, 0.717) is 11.3 Å². The first-order valence-electron chi connectivity index (χ1n) is 2.92. The van der Waals surface area contributed by atoms with Crippen LogP contribution in [0.4, 0.5) is 0 Å². The van der Waals surface area contributed by atoms with Gasteiger partial charge in [-0.1, -0.05) is 5.16 Å². The molecule has 1 aromatic heterocycles. The van der Waals surface area contributed by atoms with Crippen molar-refractivity contribution in [2.75, 3.05) is 7.11 Å². The second kappa shape index (κ2) is 3.42. The average molecular weight is 150 g/mol. The molecule has 0 unspecified atom stereocenters. The highest BCUT2D eigenvalue weighted by Gasteiger charge is 1.96. The average Bonchev–Trinajstić information content (AvgIpc) is 2.48. The van der Waals surface area contributed by atoms with E-state index in [9.17, 15) is 0 Å². The third-order valence-corrected chi connectivity index (χ3v) is 1.03. The summed E-state index contributed by atoms with van der Waals surface area (Å²) in [5, 5.41) is 11.9. The molecule has 56 valence electrons. The molecule has 0 saturated heterocycles. The monoisotopic (exact) mass is 150 g/mol. The molecule has 0 aliphatic heterocycles. The molecule has 0 atom stereocenters. The zero-order valence-electron chi connectivity index (χ0n) is 5.94. The molecule has 0 bridgehead atoms. The van der Waals surface area contributed by atoms with E-state index < -0.39 is 0 Å². The van der Waals surface area contributed by atoms with Gasteiger partial charge in [0.25, 0.3) is 0 Å². The van der Waals surface area contributed by atoms with Gasteiger partial charge >= 0.3 is 0 Å². The van der Waals surface area contributed by atoms with Crippen molar-refractivity contribution in [1.29, 1.82) is 5.26 Å². The Morgan fingerprint density at radius 2 is 2.64 bits per heavy atom. The van der Waals surface area contributed by atoms with Gasteiger partial charge in [-0.2, -0.15) is 5.26 Å². The maximum atomic E-state index is 8.39. The first-order chi connectivity index (χ1) is 5.36. The second-order valence-corrected chi connectivity index (χ2v) is 1.77. The van der Waals surface area contributed by atoms with Gasteiger partial charge in [-0.05, 0) is 0 Å². The highest BCUT2D eigenvalue weighted by atomic mass is 16.6. The van der Waals surface area contributed by atoms with Crippen molar-refractivity contribution in [3.8, 4) is 6.07 Å². The van der Waals surface area contributed by atoms with E-state index in [1.54, 1.807) is 6.07 Å². The van der Waals surface area contributed by atoms with Gasteiger partial charge in [-0.25, -0.2) is 0 Å². The highest BCUT2D eigenvalue weighted by Crippen LogP contribution is 2.03. The largest absolute Gasteiger partial charge is 0.462 e. The molecule has 11 heavy (non-hydrogen) atoms. The van der Waals surface area contributed by atoms with Crippen LogP contribution < -0.4 is 0 Å². The Morgan fingerprint density at radius 1 is 1.82 bits per heavy atom. The van der Waals surface area contributed by atoms with Crippen LogP contribution in [0.3, 0.4) is 0 Å². The van der Waals surface area contributed by atoms with E-state index >= 15 is 0 Å². The van der Waals surface area contributed by atoms with Gasteiger partial charge in [0.05, 0.1) is 5.56 Å². The van der Waals surface area contributed by atoms with Crippen molar-refractivity contribution in [2.24, 2.45) is 5.16 Å². The van der Waals surface area contributed by atoms with Crippen LogP contribution >= 0.6 is 0 Å². The van der Waals surface area contributed by atoms with E-state index in [4.69, 9.17) is 9.68 Å². The number of rotatable bonds is 2. The van der Waals surface area contributed by atoms with Gasteiger partial charge < -0.3 is 9.25 Å². The molecule has 0 radical (unpaired) electrons. The minimum atomic E-state index is 0.475. The smallest absolute Gasteiger partial charge is 0.149 e. The Balaban J connectivity index is 2.75. The zero-order chi connectivity index (χ0) is 8.10. The third-order valence-electron chi connectivity index (χ3n) is 1.03. The number of nitriles is 1. The minimum absolute atomic E-state index is 0.475. The van der Waals surface area contributed by atoms with Crippen LogP contribution in [-0.2, 0) is 4.84 Å². The summed E-state index contributed by atoms with van der Waals surface area (Å²) < 4.78 is 4.91. The van der Waals surface area contributed by atoms with Crippen molar-refractivity contribution in [2.45, 2.75) is 0 Å². The normalized spacial score (nSPS) is 9.82. The Bertz CT molecular complexity index is 296. The lowest BCUT2D eigenvalue weighted by Crippen LogP contribution is -1.75. The molecule has 0 aromatic carbocycles. The quantitative estimate of drug-likeness (QED) is 0.469. The van der Waals surface area contributed by atoms with Crippen LogP contribution in [0.1, 0.15) is 11.3 Å². The van der Waals surface area contributed by atoms with Gasteiger partial charge in [-0.3, -0.25) is 0 Å². The lowest BCUT2D eigenvalue weighted by molar-refractivity contribution is 0.215. The summed E-state index contributed by atoms with van der Waals surface area (Å²) in [5.74, 6) is 0.503. The van der Waals surface area contributed by atoms with Crippen LogP contribution in [0.15, 0.2) is 21.9 Å². The van der Waals surface area contributed by atoms with Crippen LogP contribution in [0.25, 0.3) is 0 Å². The van der Waals surface area contributed by atoms with Gasteiger partial charge in [0.2, 0.25) is 0 Å². The predicted molar refractivity (Wildman–Crippen MR) is 38.0 cm³/mol. The summed E-state index contributed by atoms with van der Waals surface area (Å²) in [6.07, 6.45) is 2.75. The Hall–Kier alpha value is -1.76. The topological polar surface area (TPSA) is 58.5 Å². The maximum absolute atomic E-state index is 8.39. The summed E-state index contributed by atoms with van der Waals surface area (Å²) >= 11 is 0. The standard InChI is InChI=1S/C7H6N2O2/c1-10-9-4-7-2-6(3-8)5-11-7/h2,4-5H,1H3. The zero-order valence-corrected chi connectivity index (χ0v) is 5.94. The van der Waals surface area contributed by atoms with Crippen molar-refractivity contribution in [3.63, 3.8) is 0 Å². The maximum Gasteiger partial charge on any atom is 0.149 e. The van der Waals surface area contributed by atoms with Crippen LogP contribution in [-0.4, -0.2) is 13.3 Å². The lowest BCUT2D eigenvalue weighted by Gasteiger charge is -1.81. The molecule has 0 aliphatic carbocycles. The molecular weight excluding hydrogens is 144 g/mol. The Morgan fingerprint density at radius 3 is 3.18 bits per heavy atom. The number of hydrogen-bond acceptors (Lipinski definition) is 4. The van der Waals surface area contributed by atoms with Gasteiger partial charge in [-0.15, -0.1) is 0 Å². The van der Waals surface area contributed by atoms with E-state index in [-0.39, 0.29) is 0 Å². The van der Waals surface area contributed by atoms with Crippen molar-refractivity contribution in [3.05, 3.63) is 23.7 Å². The Labute approximate surface area is 63.7 Å². The van der Waals surface area contributed by atoms with Crippen LogP contribution in [0.2, 0.25) is 0 Å². The van der Waals surface area contributed by atoms with E-state index in [0.717, 1.165) is 0 Å². The predicted octanol–water partition coefficient (Wildman–Crippen LogP) is 1.13. The summed E-state index contributed by atoms with van der Waals surface area (Å²) in [6.45, 7) is 0. The van der Waals surface area contributed by atoms with E-state index in [1.165, 1.54) is 19.6 Å². The van der Waals surface area contributed by atoms with Gasteiger partial charge in [0, 0.05) is 6.07 Å². The summed E-state index contributed by atoms with van der Waals surface area (Å²) in [7, 11) is 1.44. The molecule has 0 amide bonds. The molecule has 1 rings (SSSR count). The second-order valence-electron chi connectivity index (χ2n) is 1.77. The highest BCUT2D eigenvalue weighted by molar-refractivity contribution is 5.75. The molecule has 0 spiro atoms. The van der Waals surface area contributed by atoms with Crippen molar-refractivity contribution in [1.82, 2.24) is 0 Å². The molecule has 4 heteroatoms. The number of furan rings is 1. The number of nitrogens with zero attached hydrogens (tertiary/aromatic N) is 2. The molecule has 4 nitrogen and oxygen atoms in total. The fourth-order valence-corrected chi connectivity index (χ4v) is 0.584. The summed E-state index contributed by atoms with van der Waals surface area (Å²) in [4.78, 5) is 4.42. The molecule has 0 aliphatic rings.